The molecule has 0 amide bonds. The van der Waals surface area contributed by atoms with E-state index in [1.807, 2.05) is 0 Å². The van der Waals surface area contributed by atoms with E-state index in [1.165, 1.54) is 0 Å². The first-order valence-corrected chi connectivity index (χ1v) is 9.35. The van der Waals surface area contributed by atoms with Gasteiger partial charge >= 0.3 is 24.2 Å². The van der Waals surface area contributed by atoms with Crippen LogP contribution >= 0.6 is 33.2 Å². The van der Waals surface area contributed by atoms with E-state index in [0.717, 1.165) is 6.92 Å². The van der Waals surface area contributed by atoms with Crippen LogP contribution in [0.2, 0.25) is 0 Å². The summed E-state index contributed by atoms with van der Waals surface area (Å²) in [7, 11) is 0. The first-order valence-electron chi connectivity index (χ1n) is 4.23. The van der Waals surface area contributed by atoms with E-state index < -0.39 is 36.4 Å². The molecule has 0 aliphatic carbocycles. The molecular weight excluding hydrogens is 355 g/mol. The van der Waals surface area contributed by atoms with Crippen LogP contribution in [0.25, 0.3) is 0 Å². The summed E-state index contributed by atoms with van der Waals surface area (Å²) in [5.74, 6) is -5.86. The van der Waals surface area contributed by atoms with Crippen molar-refractivity contribution in [3.63, 3.8) is 0 Å². The van der Waals surface area contributed by atoms with Crippen LogP contribution in [0.4, 0.5) is 30.7 Å². The van der Waals surface area contributed by atoms with Gasteiger partial charge in [-0.25, -0.2) is 0 Å². The van der Waals surface area contributed by atoms with Crippen LogP contribution in [0, 0.1) is 0 Å². The van der Waals surface area contributed by atoms with Gasteiger partial charge in [0, 0.05) is 0 Å². The summed E-state index contributed by atoms with van der Waals surface area (Å²) in [5, 5.41) is 0. The normalized spacial score (nSPS) is 16.8. The maximum absolute atomic E-state index is 13.1. The van der Waals surface area contributed by atoms with Gasteiger partial charge in [0.25, 0.3) is 0 Å². The van der Waals surface area contributed by atoms with Crippen LogP contribution < -0.4 is 0 Å². The Morgan fingerprint density at radius 1 is 0.944 bits per heavy atom. The molecule has 18 heavy (non-hydrogen) atoms. The predicted molar refractivity (Wildman–Crippen MR) is 54.4 cm³/mol. The molecule has 0 fully saturated rings. The summed E-state index contributed by atoms with van der Waals surface area (Å²) >= 11 is 15.7. The fraction of sp³-hybridized carbons (Fsp3) is 1.00. The highest BCUT2D eigenvalue weighted by Gasteiger charge is 2.75. The zero-order valence-electron chi connectivity index (χ0n) is 8.47. The molecule has 0 aromatic rings. The molecule has 1 atom stereocenters. The summed E-state index contributed by atoms with van der Waals surface area (Å²) in [4.78, 5) is 0. The zero-order valence-corrected chi connectivity index (χ0v) is 11.7. The van der Waals surface area contributed by atoms with Gasteiger partial charge in [0.2, 0.25) is 0 Å². The topological polar surface area (TPSA) is 9.23 Å². The maximum Gasteiger partial charge on any atom is 0.458 e. The van der Waals surface area contributed by atoms with Crippen LogP contribution in [0.1, 0.15) is 13.3 Å². The molecule has 0 rings (SSSR count). The molecule has 0 saturated carbocycles. The molecule has 0 aromatic heterocycles. The minimum Gasteiger partial charge on any atom is -0.328 e. The van der Waals surface area contributed by atoms with Crippen molar-refractivity contribution in [2.45, 2.75) is 37.3 Å². The fourth-order valence-electron chi connectivity index (χ4n) is 0.872. The Morgan fingerprint density at radius 2 is 1.28 bits per heavy atom. The van der Waals surface area contributed by atoms with Gasteiger partial charge in [-0.15, -0.1) is 33.2 Å². The Bertz CT molecular complexity index is 272. The first-order chi connectivity index (χ1) is 7.67. The number of rotatable bonds is 4. The highest BCUT2D eigenvalue weighted by Crippen LogP contribution is 2.49. The molecule has 0 saturated heterocycles. The molecule has 1 unspecified atom stereocenters. The minimum atomic E-state index is -6.33. The highest BCUT2D eigenvalue weighted by atomic mass is 35.8. The third-order valence-corrected chi connectivity index (χ3v) is 5.22. The summed E-state index contributed by atoms with van der Waals surface area (Å²) in [6, 6.07) is -4.10. The van der Waals surface area contributed by atoms with Gasteiger partial charge < -0.3 is 4.74 Å². The lowest BCUT2D eigenvalue weighted by Gasteiger charge is -2.34. The number of ether oxygens (including phenoxy) is 1. The standard InChI is InChI=1S/C6H6Cl3F7OSi/c1-2-3(18(7,8)9)17-4(10,5(11,12)13)6(14,15)16/h3H,2H2,1H3. The van der Waals surface area contributed by atoms with Gasteiger partial charge in [-0.2, -0.15) is 30.7 Å². The van der Waals surface area contributed by atoms with E-state index in [9.17, 15) is 30.7 Å². The van der Waals surface area contributed by atoms with Crippen molar-refractivity contribution in [2.75, 3.05) is 0 Å². The van der Waals surface area contributed by atoms with Crippen molar-refractivity contribution >= 4 is 39.2 Å². The highest BCUT2D eigenvalue weighted by molar-refractivity contribution is 7.65. The summed E-state index contributed by atoms with van der Waals surface area (Å²) in [6.45, 7) is 1.10. The summed E-state index contributed by atoms with van der Waals surface area (Å²) in [5.41, 5.74) is -2.09. The fourth-order valence-corrected chi connectivity index (χ4v) is 3.42. The first kappa shape index (κ1) is 18.6. The van der Waals surface area contributed by atoms with Gasteiger partial charge in [-0.05, 0) is 6.42 Å². The molecule has 0 bridgehead atoms. The van der Waals surface area contributed by atoms with Crippen LogP contribution in [0.15, 0.2) is 0 Å². The second-order valence-electron chi connectivity index (χ2n) is 3.15. The molecule has 1 nitrogen and oxygen atoms in total. The summed E-state index contributed by atoms with van der Waals surface area (Å²) in [6.07, 6.45) is -13.2. The third-order valence-electron chi connectivity index (χ3n) is 1.77. The van der Waals surface area contributed by atoms with Crippen molar-refractivity contribution in [3.8, 4) is 0 Å². The van der Waals surface area contributed by atoms with Gasteiger partial charge in [0.05, 0.1) is 5.73 Å². The molecule has 0 aliphatic rings. The SMILES string of the molecule is CCC(OC(F)(C(F)(F)F)C(F)(F)F)[Si](Cl)(Cl)Cl. The lowest BCUT2D eigenvalue weighted by molar-refractivity contribution is -0.433. The second-order valence-corrected chi connectivity index (χ2v) is 12.0. The number of halogens is 10. The van der Waals surface area contributed by atoms with E-state index in [2.05, 4.69) is 4.74 Å². The average Bonchev–Trinajstić information content (AvgIpc) is 2.07. The van der Waals surface area contributed by atoms with Crippen molar-refractivity contribution < 1.29 is 35.5 Å². The molecule has 12 heteroatoms. The monoisotopic (exact) mass is 360 g/mol. The Labute approximate surface area is 112 Å². The Balaban J connectivity index is 5.41. The maximum atomic E-state index is 13.1. The van der Waals surface area contributed by atoms with E-state index in [-0.39, 0.29) is 0 Å². The van der Waals surface area contributed by atoms with Gasteiger partial charge in [0.15, 0.2) is 0 Å². The van der Waals surface area contributed by atoms with Crippen molar-refractivity contribution in [3.05, 3.63) is 0 Å². The second kappa shape index (κ2) is 5.51. The molecule has 0 aromatic carbocycles. The van der Waals surface area contributed by atoms with Crippen molar-refractivity contribution in [1.82, 2.24) is 0 Å². The smallest absolute Gasteiger partial charge is 0.328 e. The summed E-state index contributed by atoms with van der Waals surface area (Å²) < 4.78 is 89.5. The predicted octanol–water partition coefficient (Wildman–Crippen LogP) is 4.77. The molecule has 0 aliphatic heterocycles. The Kier molecular flexibility index (Phi) is 5.68. The van der Waals surface area contributed by atoms with Crippen molar-refractivity contribution in [2.24, 2.45) is 0 Å². The van der Waals surface area contributed by atoms with Crippen LogP contribution in [-0.4, -0.2) is 29.9 Å². The van der Waals surface area contributed by atoms with E-state index in [4.69, 9.17) is 33.2 Å². The van der Waals surface area contributed by atoms with Crippen LogP contribution in [0.3, 0.4) is 0 Å². The third kappa shape index (κ3) is 4.02. The van der Waals surface area contributed by atoms with E-state index >= 15 is 0 Å². The van der Waals surface area contributed by atoms with Gasteiger partial charge in [-0.1, -0.05) is 6.92 Å². The lowest BCUT2D eigenvalue weighted by atomic mass is 10.3. The quantitative estimate of drug-likeness (QED) is 0.398. The lowest BCUT2D eigenvalue weighted by Crippen LogP contribution is -2.58. The molecule has 0 N–H and O–H groups in total. The molecule has 110 valence electrons. The van der Waals surface area contributed by atoms with Crippen molar-refractivity contribution in [1.29, 1.82) is 0 Å². The van der Waals surface area contributed by atoms with E-state index in [1.54, 1.807) is 0 Å². The van der Waals surface area contributed by atoms with Crippen LogP contribution in [0.5, 0.6) is 0 Å². The minimum absolute atomic E-state index is 0.513. The zero-order chi connectivity index (χ0) is 15.0. The average molecular weight is 362 g/mol. The Morgan fingerprint density at radius 3 is 1.44 bits per heavy atom. The number of hydrogen-bond donors (Lipinski definition) is 0. The Hall–Kier alpha value is 0.557. The largest absolute Gasteiger partial charge is 0.458 e. The molecule has 0 spiro atoms. The molecule has 0 radical (unpaired) electrons. The van der Waals surface area contributed by atoms with Gasteiger partial charge in [-0.3, -0.25) is 0 Å². The van der Waals surface area contributed by atoms with Crippen LogP contribution in [-0.2, 0) is 4.74 Å². The number of alkyl halides is 7. The number of hydrogen-bond acceptors (Lipinski definition) is 1. The van der Waals surface area contributed by atoms with Gasteiger partial charge in [0.1, 0.15) is 0 Å². The molecule has 0 heterocycles. The van der Waals surface area contributed by atoms with E-state index in [0.29, 0.717) is 0 Å². The molecular formula is C6H6Cl3F7OSi.